The van der Waals surface area contributed by atoms with Gasteiger partial charge in [-0.3, -0.25) is 0 Å². The summed E-state index contributed by atoms with van der Waals surface area (Å²) in [6.07, 6.45) is 1.71. The van der Waals surface area contributed by atoms with E-state index in [2.05, 4.69) is 39.9 Å². The van der Waals surface area contributed by atoms with Crippen molar-refractivity contribution in [1.82, 2.24) is 14.8 Å². The molecule has 0 aliphatic rings. The summed E-state index contributed by atoms with van der Waals surface area (Å²) >= 11 is 3.57. The van der Waals surface area contributed by atoms with Crippen LogP contribution in [-0.2, 0) is 12.8 Å². The number of benzene rings is 1. The topological polar surface area (TPSA) is 56.7 Å². The molecular weight excluding hydrogens is 304 g/mol. The number of rotatable bonds is 4. The molecule has 1 aromatic heterocycles. The Bertz CT molecular complexity index is 575. The minimum atomic E-state index is 0.0102. The molecule has 0 aliphatic carbocycles. The van der Waals surface area contributed by atoms with Gasteiger partial charge in [-0.25, -0.2) is 9.67 Å². The van der Waals surface area contributed by atoms with Gasteiger partial charge in [-0.15, -0.1) is 0 Å². The fraction of sp³-hybridized carbons (Fsp3) is 0.429. The highest BCUT2D eigenvalue weighted by Gasteiger charge is 2.11. The average molecular weight is 323 g/mol. The van der Waals surface area contributed by atoms with Gasteiger partial charge < -0.3 is 5.73 Å². The summed E-state index contributed by atoms with van der Waals surface area (Å²) in [6, 6.07) is 6.13. The second kappa shape index (κ2) is 5.84. The second-order valence-corrected chi connectivity index (χ2v) is 5.41. The Hall–Kier alpha value is -1.20. The van der Waals surface area contributed by atoms with Crippen LogP contribution in [0.1, 0.15) is 44.0 Å². The molecule has 0 fully saturated rings. The van der Waals surface area contributed by atoms with Crippen molar-refractivity contribution in [1.29, 1.82) is 0 Å². The normalized spacial score (nSPS) is 12.7. The Morgan fingerprint density at radius 1 is 1.32 bits per heavy atom. The van der Waals surface area contributed by atoms with Crippen molar-refractivity contribution in [2.75, 3.05) is 0 Å². The van der Waals surface area contributed by atoms with E-state index in [1.807, 2.05) is 29.8 Å². The first kappa shape index (κ1) is 14.2. The fourth-order valence-corrected chi connectivity index (χ4v) is 2.72. The zero-order valence-corrected chi connectivity index (χ0v) is 13.1. The molecule has 0 radical (unpaired) electrons. The molecule has 0 aliphatic heterocycles. The molecule has 0 saturated carbocycles. The average Bonchev–Trinajstić information content (AvgIpc) is 2.81. The van der Waals surface area contributed by atoms with Crippen LogP contribution in [0.25, 0.3) is 5.69 Å². The predicted molar refractivity (Wildman–Crippen MR) is 80.4 cm³/mol. The van der Waals surface area contributed by atoms with Gasteiger partial charge in [0.25, 0.3) is 0 Å². The Labute approximate surface area is 122 Å². The maximum atomic E-state index is 5.92. The van der Waals surface area contributed by atoms with Crippen molar-refractivity contribution in [3.63, 3.8) is 0 Å². The van der Waals surface area contributed by atoms with Crippen LogP contribution in [0.15, 0.2) is 22.7 Å². The fourth-order valence-electron chi connectivity index (χ4n) is 1.99. The molecule has 1 heterocycles. The summed E-state index contributed by atoms with van der Waals surface area (Å²) in [5.74, 6) is 1.86. The van der Waals surface area contributed by atoms with Crippen molar-refractivity contribution >= 4 is 15.9 Å². The van der Waals surface area contributed by atoms with E-state index in [1.165, 1.54) is 0 Å². The van der Waals surface area contributed by atoms with Crippen LogP contribution in [0.3, 0.4) is 0 Å². The summed E-state index contributed by atoms with van der Waals surface area (Å²) in [6.45, 7) is 6.13. The van der Waals surface area contributed by atoms with Crippen molar-refractivity contribution in [3.8, 4) is 5.69 Å². The zero-order chi connectivity index (χ0) is 14.0. The third kappa shape index (κ3) is 2.87. The lowest BCUT2D eigenvalue weighted by atomic mass is 10.1. The van der Waals surface area contributed by atoms with Crippen LogP contribution in [0.5, 0.6) is 0 Å². The van der Waals surface area contributed by atoms with Gasteiger partial charge in [-0.2, -0.15) is 5.10 Å². The van der Waals surface area contributed by atoms with E-state index in [4.69, 9.17) is 5.73 Å². The van der Waals surface area contributed by atoms with Crippen molar-refractivity contribution in [2.24, 2.45) is 5.73 Å². The lowest BCUT2D eigenvalue weighted by Gasteiger charge is -2.11. The van der Waals surface area contributed by atoms with Crippen molar-refractivity contribution in [3.05, 3.63) is 39.9 Å². The molecule has 0 amide bonds. The van der Waals surface area contributed by atoms with Gasteiger partial charge in [0.05, 0.1) is 5.69 Å². The van der Waals surface area contributed by atoms with E-state index < -0.39 is 0 Å². The Morgan fingerprint density at radius 3 is 2.58 bits per heavy atom. The molecule has 2 rings (SSSR count). The van der Waals surface area contributed by atoms with Crippen LogP contribution < -0.4 is 5.73 Å². The molecule has 1 aromatic carbocycles. The standard InChI is InChI=1S/C14H19BrN4/c1-4-13-17-14(5-2)19(18-13)10-6-7-11(9(3)16)12(15)8-10/h6-9H,4-5,16H2,1-3H3. The Kier molecular flexibility index (Phi) is 4.37. The third-order valence-corrected chi connectivity index (χ3v) is 3.76. The van der Waals surface area contributed by atoms with Crippen LogP contribution >= 0.6 is 15.9 Å². The van der Waals surface area contributed by atoms with Gasteiger partial charge in [-0.05, 0) is 24.6 Å². The minimum absolute atomic E-state index is 0.0102. The molecule has 4 nitrogen and oxygen atoms in total. The SMILES string of the molecule is CCc1nc(CC)n(-c2ccc(C(C)N)c(Br)c2)n1. The lowest BCUT2D eigenvalue weighted by Crippen LogP contribution is -2.07. The molecule has 0 spiro atoms. The number of aryl methyl sites for hydroxylation is 2. The first-order chi connectivity index (χ1) is 9.06. The van der Waals surface area contributed by atoms with Crippen molar-refractivity contribution in [2.45, 2.75) is 39.7 Å². The zero-order valence-electron chi connectivity index (χ0n) is 11.5. The molecule has 5 heteroatoms. The smallest absolute Gasteiger partial charge is 0.151 e. The van der Waals surface area contributed by atoms with Gasteiger partial charge in [0.15, 0.2) is 5.82 Å². The van der Waals surface area contributed by atoms with E-state index in [1.54, 1.807) is 0 Å². The van der Waals surface area contributed by atoms with Crippen LogP contribution in [-0.4, -0.2) is 14.8 Å². The van der Waals surface area contributed by atoms with Gasteiger partial charge in [0.1, 0.15) is 5.82 Å². The van der Waals surface area contributed by atoms with E-state index in [9.17, 15) is 0 Å². The molecule has 1 unspecified atom stereocenters. The predicted octanol–water partition coefficient (Wildman–Crippen LogP) is 3.17. The van der Waals surface area contributed by atoms with E-state index >= 15 is 0 Å². The van der Waals surface area contributed by atoms with Crippen LogP contribution in [0.4, 0.5) is 0 Å². The van der Waals surface area contributed by atoms with Crippen LogP contribution in [0.2, 0.25) is 0 Å². The number of aromatic nitrogens is 3. The van der Waals surface area contributed by atoms with E-state index in [0.717, 1.165) is 40.2 Å². The molecule has 102 valence electrons. The number of halogens is 1. The maximum absolute atomic E-state index is 5.92. The van der Waals surface area contributed by atoms with Gasteiger partial charge in [-0.1, -0.05) is 35.8 Å². The van der Waals surface area contributed by atoms with Crippen LogP contribution in [0, 0.1) is 0 Å². The van der Waals surface area contributed by atoms with Gasteiger partial charge >= 0.3 is 0 Å². The van der Waals surface area contributed by atoms with E-state index in [0.29, 0.717) is 0 Å². The van der Waals surface area contributed by atoms with Gasteiger partial charge in [0, 0.05) is 23.4 Å². The molecular formula is C14H19BrN4. The first-order valence-corrected chi connectivity index (χ1v) is 7.36. The van der Waals surface area contributed by atoms with E-state index in [-0.39, 0.29) is 6.04 Å². The molecule has 1 atom stereocenters. The molecule has 0 bridgehead atoms. The minimum Gasteiger partial charge on any atom is -0.324 e. The summed E-state index contributed by atoms with van der Waals surface area (Å²) in [5.41, 5.74) is 8.03. The Balaban J connectivity index is 2.47. The summed E-state index contributed by atoms with van der Waals surface area (Å²) in [4.78, 5) is 4.52. The summed E-state index contributed by atoms with van der Waals surface area (Å²) in [7, 11) is 0. The summed E-state index contributed by atoms with van der Waals surface area (Å²) < 4.78 is 2.92. The largest absolute Gasteiger partial charge is 0.324 e. The first-order valence-electron chi connectivity index (χ1n) is 6.57. The summed E-state index contributed by atoms with van der Waals surface area (Å²) in [5, 5.41) is 4.54. The van der Waals surface area contributed by atoms with Crippen molar-refractivity contribution < 1.29 is 0 Å². The Morgan fingerprint density at radius 2 is 2.05 bits per heavy atom. The number of nitrogens with zero attached hydrogens (tertiary/aromatic N) is 3. The quantitative estimate of drug-likeness (QED) is 0.940. The molecule has 2 N–H and O–H groups in total. The highest BCUT2D eigenvalue weighted by atomic mass is 79.9. The molecule has 19 heavy (non-hydrogen) atoms. The molecule has 0 saturated heterocycles. The number of hydrogen-bond donors (Lipinski definition) is 1. The highest BCUT2D eigenvalue weighted by Crippen LogP contribution is 2.25. The number of hydrogen-bond acceptors (Lipinski definition) is 3. The highest BCUT2D eigenvalue weighted by molar-refractivity contribution is 9.10. The lowest BCUT2D eigenvalue weighted by molar-refractivity contribution is 0.782. The molecule has 2 aromatic rings. The van der Waals surface area contributed by atoms with Gasteiger partial charge in [0.2, 0.25) is 0 Å². The second-order valence-electron chi connectivity index (χ2n) is 4.56. The third-order valence-electron chi connectivity index (χ3n) is 3.07. The maximum Gasteiger partial charge on any atom is 0.151 e. The monoisotopic (exact) mass is 322 g/mol. The number of nitrogens with two attached hydrogens (primary N) is 1.